The lowest BCUT2D eigenvalue weighted by Crippen LogP contribution is -2.54. The van der Waals surface area contributed by atoms with Gasteiger partial charge in [-0.1, -0.05) is 31.2 Å². The molecule has 33 heavy (non-hydrogen) atoms. The minimum atomic E-state index is -0.794. The molecule has 0 bridgehead atoms. The average Bonchev–Trinajstić information content (AvgIpc) is 2.69. The van der Waals surface area contributed by atoms with Crippen LogP contribution in [0.4, 0.5) is 4.79 Å². The molecule has 0 aliphatic rings. The molecule has 0 saturated heterocycles. The summed E-state index contributed by atoms with van der Waals surface area (Å²) in [6, 6.07) is 5.94. The molecule has 186 valence electrons. The van der Waals surface area contributed by atoms with Crippen LogP contribution in [-0.2, 0) is 14.3 Å². The Kier molecular flexibility index (Phi) is 11.8. The van der Waals surface area contributed by atoms with Gasteiger partial charge >= 0.3 is 6.09 Å². The molecule has 2 N–H and O–H groups in total. The number of carbonyl (C=O) groups is 3. The van der Waals surface area contributed by atoms with Crippen LogP contribution in [0.2, 0.25) is 0 Å². The van der Waals surface area contributed by atoms with Crippen LogP contribution in [0.3, 0.4) is 0 Å². The summed E-state index contributed by atoms with van der Waals surface area (Å²) in [5.41, 5.74) is 1.02. The van der Waals surface area contributed by atoms with Crippen molar-refractivity contribution >= 4 is 29.7 Å². The highest BCUT2D eigenvalue weighted by atomic mass is 32.2. The fraction of sp³-hybridized carbons (Fsp3) is 0.640. The van der Waals surface area contributed by atoms with E-state index >= 15 is 0 Å². The van der Waals surface area contributed by atoms with Crippen molar-refractivity contribution in [1.82, 2.24) is 15.5 Å². The number of hydrogen-bond acceptors (Lipinski definition) is 5. The third-order valence-electron chi connectivity index (χ3n) is 4.82. The van der Waals surface area contributed by atoms with E-state index in [4.69, 9.17) is 4.74 Å². The van der Waals surface area contributed by atoms with Crippen LogP contribution >= 0.6 is 11.8 Å². The van der Waals surface area contributed by atoms with Crippen molar-refractivity contribution in [1.29, 1.82) is 0 Å². The zero-order chi connectivity index (χ0) is 25.2. The summed E-state index contributed by atoms with van der Waals surface area (Å²) in [4.78, 5) is 41.3. The van der Waals surface area contributed by atoms with E-state index in [-0.39, 0.29) is 17.9 Å². The topological polar surface area (TPSA) is 87.7 Å². The van der Waals surface area contributed by atoms with Gasteiger partial charge in [0.25, 0.3) is 0 Å². The first kappa shape index (κ1) is 28.8. The molecule has 0 spiro atoms. The summed E-state index contributed by atoms with van der Waals surface area (Å²) < 4.78 is 5.40. The number of ether oxygens (including phenoxy) is 1. The molecule has 7 nitrogen and oxygen atoms in total. The molecule has 0 fully saturated rings. The van der Waals surface area contributed by atoms with E-state index in [1.807, 2.05) is 58.2 Å². The van der Waals surface area contributed by atoms with Crippen molar-refractivity contribution in [2.24, 2.45) is 0 Å². The van der Waals surface area contributed by atoms with E-state index in [2.05, 4.69) is 10.6 Å². The van der Waals surface area contributed by atoms with Crippen LogP contribution in [-0.4, -0.2) is 59.0 Å². The normalized spacial score (nSPS) is 13.2. The highest BCUT2D eigenvalue weighted by molar-refractivity contribution is 7.98. The largest absolute Gasteiger partial charge is 0.444 e. The van der Waals surface area contributed by atoms with Crippen LogP contribution in [0, 0.1) is 6.92 Å². The predicted molar refractivity (Wildman–Crippen MR) is 135 cm³/mol. The van der Waals surface area contributed by atoms with Gasteiger partial charge in [-0.3, -0.25) is 9.59 Å². The minimum absolute atomic E-state index is 0.0743. The molecule has 1 aromatic rings. The molecule has 2 unspecified atom stereocenters. The van der Waals surface area contributed by atoms with Crippen molar-refractivity contribution in [2.45, 2.75) is 85.0 Å². The van der Waals surface area contributed by atoms with Gasteiger partial charge in [0.2, 0.25) is 11.8 Å². The van der Waals surface area contributed by atoms with Gasteiger partial charge in [-0.05, 0) is 77.5 Å². The third-order valence-corrected chi connectivity index (χ3v) is 5.47. The van der Waals surface area contributed by atoms with E-state index < -0.39 is 23.8 Å². The zero-order valence-electron chi connectivity index (χ0n) is 21.4. The molecule has 1 rings (SSSR count). The number of rotatable bonds is 11. The molecule has 0 aromatic heterocycles. The number of hydrogen-bond donors (Lipinski definition) is 2. The summed E-state index contributed by atoms with van der Waals surface area (Å²) in [5.74, 6) is 0.158. The smallest absolute Gasteiger partial charge is 0.408 e. The molecular weight excluding hydrogens is 438 g/mol. The van der Waals surface area contributed by atoms with Crippen molar-refractivity contribution < 1.29 is 19.1 Å². The van der Waals surface area contributed by atoms with Crippen LogP contribution < -0.4 is 10.6 Å². The zero-order valence-corrected chi connectivity index (χ0v) is 22.2. The third kappa shape index (κ3) is 9.66. The van der Waals surface area contributed by atoms with Crippen molar-refractivity contribution in [3.8, 4) is 0 Å². The Bertz CT molecular complexity index is 792. The summed E-state index contributed by atoms with van der Waals surface area (Å²) in [6.07, 6.45) is 2.42. The fourth-order valence-electron chi connectivity index (χ4n) is 3.46. The van der Waals surface area contributed by atoms with Gasteiger partial charge in [-0.2, -0.15) is 11.8 Å². The molecule has 0 radical (unpaired) electrons. The highest BCUT2D eigenvalue weighted by Gasteiger charge is 2.36. The summed E-state index contributed by atoms with van der Waals surface area (Å²) in [7, 11) is 0. The van der Waals surface area contributed by atoms with E-state index in [9.17, 15) is 14.4 Å². The monoisotopic (exact) mass is 479 g/mol. The number of amides is 3. The fourth-order valence-corrected chi connectivity index (χ4v) is 3.93. The molecule has 0 heterocycles. The lowest BCUT2D eigenvalue weighted by molar-refractivity contribution is -0.142. The van der Waals surface area contributed by atoms with Crippen LogP contribution in [0.25, 0.3) is 0 Å². The predicted octanol–water partition coefficient (Wildman–Crippen LogP) is 4.45. The first-order valence-corrected chi connectivity index (χ1v) is 13.0. The number of thioether (sulfide) groups is 1. The Hall–Kier alpha value is -2.22. The Morgan fingerprint density at radius 2 is 1.76 bits per heavy atom. The van der Waals surface area contributed by atoms with Gasteiger partial charge in [-0.15, -0.1) is 0 Å². The summed E-state index contributed by atoms with van der Waals surface area (Å²) in [6.45, 7) is 13.4. The Balaban J connectivity index is 3.39. The van der Waals surface area contributed by atoms with Gasteiger partial charge in [-0.25, -0.2) is 4.79 Å². The first-order valence-electron chi connectivity index (χ1n) is 11.6. The van der Waals surface area contributed by atoms with Crippen molar-refractivity contribution in [3.63, 3.8) is 0 Å². The van der Waals surface area contributed by atoms with E-state index in [0.29, 0.717) is 25.1 Å². The number of aryl methyl sites for hydroxylation is 1. The highest BCUT2D eigenvalue weighted by Crippen LogP contribution is 2.26. The Labute approximate surface area is 203 Å². The average molecular weight is 480 g/mol. The van der Waals surface area contributed by atoms with E-state index in [1.165, 1.54) is 0 Å². The van der Waals surface area contributed by atoms with Crippen molar-refractivity contribution in [2.75, 3.05) is 18.6 Å². The van der Waals surface area contributed by atoms with Gasteiger partial charge in [0, 0.05) is 12.6 Å². The van der Waals surface area contributed by atoms with Crippen LogP contribution in [0.15, 0.2) is 24.3 Å². The van der Waals surface area contributed by atoms with Crippen LogP contribution in [0.1, 0.15) is 71.6 Å². The standard InChI is InChI=1S/C25H41N3O4S/c1-9-15-28(21(22(29)26-17(2)3)19-13-11-10-12-18(19)4)23(30)20(14-16-33-8)27-24(31)32-25(5,6)7/h10-13,17,20-21H,9,14-16H2,1-8H3,(H,26,29)(H,27,31). The molecule has 8 heteroatoms. The molecule has 0 aliphatic carbocycles. The summed E-state index contributed by atoms with van der Waals surface area (Å²) in [5, 5.41) is 5.72. The first-order chi connectivity index (χ1) is 15.4. The van der Waals surface area contributed by atoms with Gasteiger partial charge in [0.15, 0.2) is 0 Å². The Morgan fingerprint density at radius 1 is 1.12 bits per heavy atom. The number of nitrogens with zero attached hydrogens (tertiary/aromatic N) is 1. The SMILES string of the molecule is CCCN(C(=O)C(CCSC)NC(=O)OC(C)(C)C)C(C(=O)NC(C)C)c1ccccc1C. The molecule has 2 atom stereocenters. The number of nitrogens with one attached hydrogen (secondary N) is 2. The second kappa shape index (κ2) is 13.5. The molecule has 0 saturated carbocycles. The second-order valence-electron chi connectivity index (χ2n) is 9.43. The van der Waals surface area contributed by atoms with E-state index in [0.717, 1.165) is 11.1 Å². The van der Waals surface area contributed by atoms with Gasteiger partial charge in [0.1, 0.15) is 17.7 Å². The van der Waals surface area contributed by atoms with Crippen LogP contribution in [0.5, 0.6) is 0 Å². The Morgan fingerprint density at radius 3 is 2.27 bits per heavy atom. The summed E-state index contributed by atoms with van der Waals surface area (Å²) >= 11 is 1.59. The second-order valence-corrected chi connectivity index (χ2v) is 10.4. The maximum Gasteiger partial charge on any atom is 0.408 e. The van der Waals surface area contributed by atoms with Gasteiger partial charge < -0.3 is 20.3 Å². The lowest BCUT2D eigenvalue weighted by Gasteiger charge is -2.35. The molecule has 1 aromatic carbocycles. The number of carbonyl (C=O) groups excluding carboxylic acids is 3. The van der Waals surface area contributed by atoms with Gasteiger partial charge in [0.05, 0.1) is 0 Å². The van der Waals surface area contributed by atoms with Crippen molar-refractivity contribution in [3.05, 3.63) is 35.4 Å². The maximum atomic E-state index is 13.8. The molecule has 0 aliphatic heterocycles. The number of benzene rings is 1. The molecular formula is C25H41N3O4S. The maximum absolute atomic E-state index is 13.8. The van der Waals surface area contributed by atoms with E-state index in [1.54, 1.807) is 37.4 Å². The minimum Gasteiger partial charge on any atom is -0.444 e. The lowest BCUT2D eigenvalue weighted by atomic mass is 9.97. The quantitative estimate of drug-likeness (QED) is 0.490. The number of alkyl carbamates (subject to hydrolysis) is 1. The molecule has 3 amide bonds.